The molecule has 1 aliphatic heterocycles. The predicted octanol–water partition coefficient (Wildman–Crippen LogP) is 2.37. The highest BCUT2D eigenvalue weighted by Gasteiger charge is 2.23. The number of nitrogens with one attached hydrogen (secondary N) is 2. The summed E-state index contributed by atoms with van der Waals surface area (Å²) in [6, 6.07) is 17.4. The number of aromatic nitrogens is 1. The van der Waals surface area contributed by atoms with E-state index in [-0.39, 0.29) is 44.3 Å². The van der Waals surface area contributed by atoms with E-state index in [1.807, 2.05) is 56.3 Å². The molecule has 0 saturated carbocycles. The monoisotopic (exact) mass is 619 g/mol. The lowest BCUT2D eigenvalue weighted by Crippen LogP contribution is -2.46. The Bertz CT molecular complexity index is 1470. The zero-order chi connectivity index (χ0) is 33.2. The van der Waals surface area contributed by atoms with Gasteiger partial charge in [0.05, 0.1) is 32.7 Å². The van der Waals surface area contributed by atoms with Gasteiger partial charge in [0.25, 0.3) is 11.8 Å². The molecule has 3 aromatic rings. The third-order valence-electron chi connectivity index (χ3n) is 6.52. The van der Waals surface area contributed by atoms with Crippen molar-refractivity contribution in [2.75, 3.05) is 33.4 Å². The van der Waals surface area contributed by atoms with Crippen LogP contribution in [-0.2, 0) is 19.1 Å². The van der Waals surface area contributed by atoms with Gasteiger partial charge in [-0.05, 0) is 35.6 Å². The van der Waals surface area contributed by atoms with E-state index in [0.29, 0.717) is 17.7 Å². The fourth-order valence-corrected chi connectivity index (χ4v) is 4.32. The first kappa shape index (κ1) is 36.1. The van der Waals surface area contributed by atoms with Gasteiger partial charge in [-0.3, -0.25) is 29.0 Å². The van der Waals surface area contributed by atoms with Crippen molar-refractivity contribution in [3.05, 3.63) is 89.8 Å². The number of allylic oxidation sites excluding steroid dienone is 1. The third kappa shape index (κ3) is 11.8. The van der Waals surface area contributed by atoms with E-state index in [1.54, 1.807) is 30.5 Å². The van der Waals surface area contributed by atoms with Crippen molar-refractivity contribution in [3.63, 3.8) is 0 Å². The van der Waals surface area contributed by atoms with Gasteiger partial charge >= 0.3 is 5.97 Å². The van der Waals surface area contributed by atoms with E-state index < -0.39 is 30.4 Å². The Morgan fingerprint density at radius 1 is 1.04 bits per heavy atom. The highest BCUT2D eigenvalue weighted by atomic mass is 16.5. The molecule has 2 aromatic carbocycles. The van der Waals surface area contributed by atoms with E-state index in [1.165, 1.54) is 12.0 Å². The van der Waals surface area contributed by atoms with Crippen LogP contribution in [0.5, 0.6) is 0 Å². The molecule has 0 aliphatic carbocycles. The van der Waals surface area contributed by atoms with Crippen LogP contribution in [0.2, 0.25) is 0 Å². The van der Waals surface area contributed by atoms with E-state index in [9.17, 15) is 29.1 Å². The second-order valence-electron chi connectivity index (χ2n) is 9.67. The van der Waals surface area contributed by atoms with Gasteiger partial charge in [0.2, 0.25) is 11.8 Å². The maximum atomic E-state index is 12.3. The second-order valence-corrected chi connectivity index (χ2v) is 9.67. The molecule has 4 rings (SSSR count). The molecular formula is C33H41N5O7. The lowest BCUT2D eigenvalue weighted by molar-refractivity contribution is -0.142. The summed E-state index contributed by atoms with van der Waals surface area (Å²) >= 11 is 0. The van der Waals surface area contributed by atoms with Gasteiger partial charge in [-0.15, -0.1) is 0 Å². The summed E-state index contributed by atoms with van der Waals surface area (Å²) in [4.78, 5) is 64.5. The maximum absolute atomic E-state index is 12.3. The number of nitrogens with two attached hydrogens (primary N) is 1. The fraction of sp³-hybridized carbons (Fsp3) is 0.333. The number of methoxy groups -OCH3 is 1. The highest BCUT2D eigenvalue weighted by molar-refractivity contribution is 6.04. The topological polar surface area (TPSA) is 181 Å². The predicted molar refractivity (Wildman–Crippen MR) is 170 cm³/mol. The number of rotatable bonds is 10. The highest BCUT2D eigenvalue weighted by Crippen LogP contribution is 2.15. The molecule has 12 nitrogen and oxygen atoms in total. The Kier molecular flexibility index (Phi) is 15.4. The number of carbonyl (C=O) groups excluding carboxylic acids is 5. The number of hydrogen-bond donors (Lipinski definition) is 4. The fourth-order valence-electron chi connectivity index (χ4n) is 4.32. The number of esters is 1. The molecule has 1 atom stereocenters. The maximum Gasteiger partial charge on any atom is 0.307 e. The summed E-state index contributed by atoms with van der Waals surface area (Å²) in [5, 5.41) is 16.5. The number of aliphatic hydroxyl groups excluding tert-OH is 1. The molecule has 0 saturated heterocycles. The largest absolute Gasteiger partial charge is 0.469 e. The summed E-state index contributed by atoms with van der Waals surface area (Å²) in [5.41, 5.74) is 6.88. The summed E-state index contributed by atoms with van der Waals surface area (Å²) in [6.07, 6.45) is 4.10. The molecule has 0 spiro atoms. The number of nitrogens with zero attached hydrogens (tertiary/aromatic N) is 2. The van der Waals surface area contributed by atoms with Crippen molar-refractivity contribution in [1.29, 1.82) is 0 Å². The molecule has 0 bridgehead atoms. The Labute approximate surface area is 262 Å². The molecule has 240 valence electrons. The SMILES string of the molecule is CC.COC(=O)CC(CO)NC(=O)CN1CC(CNC(=O)c2ccccc2)=CCCC1=O.NC(=O)c1nccc2ccccc12. The Morgan fingerprint density at radius 3 is 2.40 bits per heavy atom. The molecule has 0 radical (unpaired) electrons. The number of benzene rings is 2. The molecule has 1 unspecified atom stereocenters. The zero-order valence-electron chi connectivity index (χ0n) is 25.8. The summed E-state index contributed by atoms with van der Waals surface area (Å²) < 4.78 is 4.53. The molecule has 1 aromatic heterocycles. The minimum absolute atomic E-state index is 0.163. The number of primary amides is 1. The Morgan fingerprint density at radius 2 is 1.73 bits per heavy atom. The van der Waals surface area contributed by atoms with Crippen LogP contribution in [0.4, 0.5) is 0 Å². The second kappa shape index (κ2) is 19.2. The van der Waals surface area contributed by atoms with Gasteiger partial charge < -0.3 is 31.1 Å². The first-order valence-corrected chi connectivity index (χ1v) is 14.6. The normalized spacial score (nSPS) is 13.0. The summed E-state index contributed by atoms with van der Waals surface area (Å²) in [7, 11) is 1.22. The minimum Gasteiger partial charge on any atom is -0.469 e. The summed E-state index contributed by atoms with van der Waals surface area (Å²) in [5.74, 6) is -1.93. The van der Waals surface area contributed by atoms with Gasteiger partial charge in [-0.25, -0.2) is 0 Å². The molecule has 12 heteroatoms. The number of hydrogen-bond acceptors (Lipinski definition) is 8. The van der Waals surface area contributed by atoms with E-state index in [4.69, 9.17) is 5.73 Å². The molecule has 45 heavy (non-hydrogen) atoms. The Balaban J connectivity index is 0.000000388. The number of fused-ring (bicyclic) bond motifs is 1. The quantitative estimate of drug-likeness (QED) is 0.197. The summed E-state index contributed by atoms with van der Waals surface area (Å²) in [6.45, 7) is 3.84. The van der Waals surface area contributed by atoms with Gasteiger partial charge in [0.15, 0.2) is 0 Å². The van der Waals surface area contributed by atoms with Gasteiger partial charge in [-0.1, -0.05) is 62.4 Å². The van der Waals surface area contributed by atoms with Crippen LogP contribution in [0.15, 0.2) is 78.5 Å². The number of aliphatic hydroxyl groups is 1. The first-order chi connectivity index (χ1) is 21.7. The number of amides is 4. The molecule has 0 fully saturated rings. The van der Waals surface area contributed by atoms with Crippen LogP contribution in [0.25, 0.3) is 10.8 Å². The number of ether oxygens (including phenoxy) is 1. The van der Waals surface area contributed by atoms with Gasteiger partial charge in [0.1, 0.15) is 5.69 Å². The minimum atomic E-state index is -0.785. The van der Waals surface area contributed by atoms with E-state index >= 15 is 0 Å². The lowest BCUT2D eigenvalue weighted by atomic mass is 10.1. The van der Waals surface area contributed by atoms with Crippen LogP contribution in [0.1, 0.15) is 54.0 Å². The standard InChI is InChI=1S/C21H27N3O6.C10H8N2O.C2H6/c1-30-20(28)10-17(14-25)23-18(26)13-24-12-15(6-5-9-19(24)27)11-22-21(29)16-7-3-2-4-8-16;11-10(13)9-8-4-2-1-3-7(8)5-6-12-9;1-2/h2-4,6-8,17,25H,5,9-14H2,1H3,(H,22,29)(H,23,26);1-6H,(H2,11,13);1-2H3. The molecule has 5 N–H and O–H groups in total. The van der Waals surface area contributed by atoms with E-state index in [0.717, 1.165) is 16.3 Å². The van der Waals surface area contributed by atoms with Crippen molar-refractivity contribution in [1.82, 2.24) is 20.5 Å². The van der Waals surface area contributed by atoms with Crippen LogP contribution in [0, 0.1) is 0 Å². The smallest absolute Gasteiger partial charge is 0.307 e. The van der Waals surface area contributed by atoms with Crippen molar-refractivity contribution in [2.24, 2.45) is 5.73 Å². The molecule has 1 aliphatic rings. The molecule has 4 amide bonds. The van der Waals surface area contributed by atoms with Gasteiger partial charge in [-0.2, -0.15) is 0 Å². The van der Waals surface area contributed by atoms with Crippen LogP contribution in [0.3, 0.4) is 0 Å². The van der Waals surface area contributed by atoms with Crippen LogP contribution in [-0.4, -0.2) is 84.0 Å². The zero-order valence-corrected chi connectivity index (χ0v) is 25.8. The number of pyridine rings is 1. The van der Waals surface area contributed by atoms with Crippen LogP contribution < -0.4 is 16.4 Å². The molecule has 2 heterocycles. The lowest BCUT2D eigenvalue weighted by Gasteiger charge is -2.23. The average Bonchev–Trinajstić information content (AvgIpc) is 3.24. The number of carbonyl (C=O) groups is 5. The first-order valence-electron chi connectivity index (χ1n) is 14.6. The van der Waals surface area contributed by atoms with E-state index in [2.05, 4.69) is 20.4 Å². The van der Waals surface area contributed by atoms with Crippen molar-refractivity contribution in [2.45, 2.75) is 39.2 Å². The van der Waals surface area contributed by atoms with Crippen molar-refractivity contribution in [3.8, 4) is 0 Å². The molecular weight excluding hydrogens is 578 g/mol. The van der Waals surface area contributed by atoms with Crippen molar-refractivity contribution < 1.29 is 33.8 Å². The van der Waals surface area contributed by atoms with Crippen LogP contribution >= 0.6 is 0 Å². The average molecular weight is 620 g/mol. The Hall–Kier alpha value is -5.10. The third-order valence-corrected chi connectivity index (χ3v) is 6.52. The van der Waals surface area contributed by atoms with Gasteiger partial charge in [0, 0.05) is 36.7 Å². The van der Waals surface area contributed by atoms with Crippen molar-refractivity contribution >= 4 is 40.4 Å².